The highest BCUT2D eigenvalue weighted by Gasteiger charge is 2.61. The lowest BCUT2D eigenvalue weighted by Crippen LogP contribution is -2.55. The topological polar surface area (TPSA) is 16.4 Å². The van der Waals surface area contributed by atoms with Gasteiger partial charge in [0.25, 0.3) is 0 Å². The van der Waals surface area contributed by atoms with Crippen molar-refractivity contribution in [3.8, 4) is 22.3 Å². The van der Waals surface area contributed by atoms with Gasteiger partial charge in [-0.3, -0.25) is 0 Å². The van der Waals surface area contributed by atoms with Gasteiger partial charge in [-0.1, -0.05) is 100 Å². The van der Waals surface area contributed by atoms with Crippen molar-refractivity contribution in [2.24, 2.45) is 23.7 Å². The van der Waals surface area contributed by atoms with Crippen LogP contribution in [0.15, 0.2) is 132 Å². The average Bonchev–Trinajstić information content (AvgIpc) is 3.72. The largest absolute Gasteiger partial charge is 0.456 e. The monoisotopic (exact) mass is 729 g/mol. The van der Waals surface area contributed by atoms with Gasteiger partial charge < -0.3 is 9.32 Å². The highest BCUT2D eigenvalue weighted by molar-refractivity contribution is 6.06. The molecule has 4 bridgehead atoms. The van der Waals surface area contributed by atoms with Gasteiger partial charge in [0.2, 0.25) is 0 Å². The van der Waals surface area contributed by atoms with Gasteiger partial charge in [0.15, 0.2) is 0 Å². The Labute approximate surface area is 331 Å². The highest BCUT2D eigenvalue weighted by Crippen LogP contribution is 2.69. The Bertz CT molecular complexity index is 2700. The molecule has 0 N–H and O–H groups in total. The van der Waals surface area contributed by atoms with Crippen LogP contribution in [0.1, 0.15) is 94.9 Å². The zero-order chi connectivity index (χ0) is 37.6. The van der Waals surface area contributed by atoms with Crippen molar-refractivity contribution < 1.29 is 4.42 Å². The molecule has 7 aromatic rings. The van der Waals surface area contributed by atoms with E-state index < -0.39 is 0 Å². The summed E-state index contributed by atoms with van der Waals surface area (Å²) >= 11 is 0. The molecule has 56 heavy (non-hydrogen) atoms. The van der Waals surface area contributed by atoms with Crippen molar-refractivity contribution in [3.05, 3.63) is 150 Å². The van der Waals surface area contributed by atoms with Gasteiger partial charge in [0.1, 0.15) is 11.2 Å². The van der Waals surface area contributed by atoms with E-state index in [2.05, 4.69) is 160 Å². The lowest BCUT2D eigenvalue weighted by Gasteiger charge is -2.61. The molecule has 1 spiro atoms. The molecular formula is C54H51NO. The molecule has 0 unspecified atom stereocenters. The maximum absolute atomic E-state index is 6.29. The van der Waals surface area contributed by atoms with Crippen molar-refractivity contribution in [1.82, 2.24) is 0 Å². The van der Waals surface area contributed by atoms with Crippen LogP contribution in [0.5, 0.6) is 0 Å². The fourth-order valence-corrected chi connectivity index (χ4v) is 13.2. The number of fused-ring (bicyclic) bond motifs is 7. The minimum absolute atomic E-state index is 0.114. The number of para-hydroxylation sites is 1. The standard InChI is InChI=1S/C54H51NO/c1-52(2)23-24-53(3,4)49-32-41(18-21-47(49)52)55(40-19-22-51-45(31-40)44-10-6-8-12-50(44)56-51)39-16-13-35(14-17-39)36-15-20-43-42-9-5-7-11-46(42)54(48(43)30-36)37-26-33-25-34(28-37)29-38(54)27-33/h5-22,30-34,37-38H,23-29H2,1-4H3. The molecule has 4 fully saturated rings. The predicted octanol–water partition coefficient (Wildman–Crippen LogP) is 14.8. The molecule has 13 rings (SSSR count). The van der Waals surface area contributed by atoms with Crippen LogP contribution in [0, 0.1) is 23.7 Å². The Hall–Kier alpha value is -5.08. The number of nitrogens with zero attached hydrogens (tertiary/aromatic N) is 1. The lowest BCUT2D eigenvalue weighted by atomic mass is 9.43. The third kappa shape index (κ3) is 4.56. The molecule has 6 aliphatic carbocycles. The maximum atomic E-state index is 6.29. The summed E-state index contributed by atoms with van der Waals surface area (Å²) in [6.45, 7) is 9.68. The van der Waals surface area contributed by atoms with Crippen LogP contribution in [-0.4, -0.2) is 0 Å². The molecule has 4 saturated carbocycles. The predicted molar refractivity (Wildman–Crippen MR) is 232 cm³/mol. The summed E-state index contributed by atoms with van der Waals surface area (Å²) in [6.07, 6.45) is 9.52. The molecule has 2 heteroatoms. The van der Waals surface area contributed by atoms with E-state index in [-0.39, 0.29) is 16.2 Å². The molecule has 0 radical (unpaired) electrons. The van der Waals surface area contributed by atoms with Crippen LogP contribution < -0.4 is 4.90 Å². The third-order valence-corrected chi connectivity index (χ3v) is 15.7. The van der Waals surface area contributed by atoms with Crippen molar-refractivity contribution in [3.63, 3.8) is 0 Å². The third-order valence-electron chi connectivity index (χ3n) is 15.7. The first-order valence-corrected chi connectivity index (χ1v) is 21.4. The van der Waals surface area contributed by atoms with Crippen molar-refractivity contribution in [1.29, 1.82) is 0 Å². The van der Waals surface area contributed by atoms with E-state index in [1.165, 1.54) is 89.7 Å². The molecule has 278 valence electrons. The molecule has 2 nitrogen and oxygen atoms in total. The summed E-state index contributed by atoms with van der Waals surface area (Å²) in [5.41, 5.74) is 17.6. The Balaban J connectivity index is 0.983. The van der Waals surface area contributed by atoms with Gasteiger partial charge in [0.05, 0.1) is 0 Å². The van der Waals surface area contributed by atoms with Crippen molar-refractivity contribution in [2.75, 3.05) is 4.90 Å². The van der Waals surface area contributed by atoms with Gasteiger partial charge in [0, 0.05) is 33.2 Å². The zero-order valence-corrected chi connectivity index (χ0v) is 33.2. The van der Waals surface area contributed by atoms with Crippen molar-refractivity contribution in [2.45, 2.75) is 88.9 Å². The number of hydrogen-bond acceptors (Lipinski definition) is 2. The number of hydrogen-bond donors (Lipinski definition) is 0. The van der Waals surface area contributed by atoms with Crippen LogP contribution in [0.4, 0.5) is 17.1 Å². The molecular weight excluding hydrogens is 679 g/mol. The first kappa shape index (κ1) is 33.1. The second-order valence-electron chi connectivity index (χ2n) is 19.6. The molecule has 0 saturated heterocycles. The Kier molecular flexibility index (Phi) is 6.80. The summed E-state index contributed by atoms with van der Waals surface area (Å²) in [5.74, 6) is 3.42. The SMILES string of the molecule is CC1(C)CCC(C)(C)c2cc(N(c3ccc(-c4ccc5c(c4)C4(c6ccccc6-5)C5CC6CC(C5)CC4C6)cc3)c3ccc4oc5ccccc5c4c3)ccc21. The van der Waals surface area contributed by atoms with E-state index in [9.17, 15) is 0 Å². The number of furan rings is 1. The summed E-state index contributed by atoms with van der Waals surface area (Å²) < 4.78 is 6.29. The molecule has 6 aromatic carbocycles. The van der Waals surface area contributed by atoms with E-state index in [1.54, 1.807) is 11.1 Å². The van der Waals surface area contributed by atoms with E-state index in [0.717, 1.165) is 51.3 Å². The van der Waals surface area contributed by atoms with Gasteiger partial charge >= 0.3 is 0 Å². The summed E-state index contributed by atoms with van der Waals surface area (Å²) in [4.78, 5) is 2.46. The van der Waals surface area contributed by atoms with Crippen LogP contribution in [0.25, 0.3) is 44.2 Å². The number of benzene rings is 6. The van der Waals surface area contributed by atoms with Crippen LogP contribution in [0.3, 0.4) is 0 Å². The normalized spacial score (nSPS) is 26.1. The molecule has 1 heterocycles. The first-order valence-electron chi connectivity index (χ1n) is 21.4. The second kappa shape index (κ2) is 11.5. The van der Waals surface area contributed by atoms with Gasteiger partial charge in [-0.15, -0.1) is 0 Å². The molecule has 0 amide bonds. The van der Waals surface area contributed by atoms with Crippen molar-refractivity contribution >= 4 is 39.0 Å². The first-order chi connectivity index (χ1) is 27.2. The van der Waals surface area contributed by atoms with Crippen LogP contribution in [0.2, 0.25) is 0 Å². The zero-order valence-electron chi connectivity index (χ0n) is 33.2. The summed E-state index contributed by atoms with van der Waals surface area (Å²) in [6, 6.07) is 48.8. The summed E-state index contributed by atoms with van der Waals surface area (Å²) in [7, 11) is 0. The van der Waals surface area contributed by atoms with Crippen LogP contribution in [-0.2, 0) is 16.2 Å². The quantitative estimate of drug-likeness (QED) is 0.179. The van der Waals surface area contributed by atoms with E-state index in [4.69, 9.17) is 4.42 Å². The molecule has 1 aromatic heterocycles. The lowest BCUT2D eigenvalue weighted by molar-refractivity contribution is -0.0399. The van der Waals surface area contributed by atoms with Crippen LogP contribution >= 0.6 is 0 Å². The van der Waals surface area contributed by atoms with Gasteiger partial charge in [-0.05, 0) is 179 Å². The van der Waals surface area contributed by atoms with E-state index >= 15 is 0 Å². The Morgan fingerprint density at radius 1 is 0.464 bits per heavy atom. The second-order valence-corrected chi connectivity index (χ2v) is 19.6. The van der Waals surface area contributed by atoms with Gasteiger partial charge in [-0.2, -0.15) is 0 Å². The molecule has 0 aliphatic heterocycles. The average molecular weight is 730 g/mol. The smallest absolute Gasteiger partial charge is 0.135 e. The fourth-order valence-electron chi connectivity index (χ4n) is 13.2. The molecule has 6 aliphatic rings. The maximum Gasteiger partial charge on any atom is 0.135 e. The summed E-state index contributed by atoms with van der Waals surface area (Å²) in [5, 5.41) is 2.31. The molecule has 0 atom stereocenters. The number of rotatable bonds is 4. The fraction of sp³-hybridized carbons (Fsp3) is 0.333. The highest BCUT2D eigenvalue weighted by atomic mass is 16.3. The van der Waals surface area contributed by atoms with Gasteiger partial charge in [-0.25, -0.2) is 0 Å². The van der Waals surface area contributed by atoms with E-state index in [1.807, 2.05) is 0 Å². The Morgan fingerprint density at radius 3 is 1.86 bits per heavy atom. The van der Waals surface area contributed by atoms with E-state index in [0.29, 0.717) is 0 Å². The minimum atomic E-state index is 0.114. The Morgan fingerprint density at radius 2 is 1.07 bits per heavy atom. The number of anilines is 3. The minimum Gasteiger partial charge on any atom is -0.456 e.